The van der Waals surface area contributed by atoms with Gasteiger partial charge < -0.3 is 20.1 Å². The molecule has 0 aliphatic heterocycles. The first-order chi connectivity index (χ1) is 16.0. The molecule has 1 aliphatic carbocycles. The predicted molar refractivity (Wildman–Crippen MR) is 131 cm³/mol. The highest BCUT2D eigenvalue weighted by Crippen LogP contribution is 2.47. The number of hydrogen-bond donors (Lipinski definition) is 3. The number of nitrogens with one attached hydrogen (secondary N) is 3. The summed E-state index contributed by atoms with van der Waals surface area (Å²) in [5.74, 6) is 1.59. The Labute approximate surface area is 202 Å². The van der Waals surface area contributed by atoms with Crippen LogP contribution in [0.4, 0.5) is 17.2 Å². The highest BCUT2D eigenvalue weighted by molar-refractivity contribution is 6.38. The second kappa shape index (κ2) is 9.77. The number of anilines is 3. The average Bonchev–Trinajstić information content (AvgIpc) is 3.22. The third-order valence-electron chi connectivity index (χ3n) is 5.79. The molecule has 3 N–H and O–H groups in total. The number of H-pyrrole nitrogens is 1. The van der Waals surface area contributed by atoms with Crippen molar-refractivity contribution in [3.63, 3.8) is 0 Å². The van der Waals surface area contributed by atoms with Gasteiger partial charge in [-0.25, -0.2) is 0 Å². The first kappa shape index (κ1) is 23.0. The number of halogens is 2. The van der Waals surface area contributed by atoms with Gasteiger partial charge in [0.15, 0.2) is 5.82 Å². The molecule has 1 heterocycles. The van der Waals surface area contributed by atoms with Gasteiger partial charge in [-0.15, -0.1) is 0 Å². The van der Waals surface area contributed by atoms with Crippen molar-refractivity contribution in [2.24, 2.45) is 0 Å². The quantitative estimate of drug-likeness (QED) is 0.363. The minimum absolute atomic E-state index is 0.0777. The minimum atomic E-state index is -0.279. The predicted octanol–water partition coefficient (Wildman–Crippen LogP) is 5.87. The molecule has 0 saturated heterocycles. The van der Waals surface area contributed by atoms with Gasteiger partial charge in [-0.2, -0.15) is 5.10 Å². The molecule has 1 aromatic heterocycles. The Morgan fingerprint density at radius 1 is 1.18 bits per heavy atom. The molecule has 0 saturated carbocycles. The molecule has 2 aromatic carbocycles. The number of ether oxygens (including phenoxy) is 2. The van der Waals surface area contributed by atoms with Gasteiger partial charge in [-0.05, 0) is 43.4 Å². The van der Waals surface area contributed by atoms with Crippen LogP contribution in [0, 0.1) is 0 Å². The van der Waals surface area contributed by atoms with E-state index in [2.05, 4.69) is 27.4 Å². The summed E-state index contributed by atoms with van der Waals surface area (Å²) in [6.45, 7) is 3.50. The lowest BCUT2D eigenvalue weighted by Crippen LogP contribution is -2.14. The first-order valence-corrected chi connectivity index (χ1v) is 11.2. The highest BCUT2D eigenvalue weighted by Gasteiger charge is 2.30. The number of benzene rings is 2. The topological polar surface area (TPSA) is 88.3 Å². The van der Waals surface area contributed by atoms with Crippen LogP contribution in [0.3, 0.4) is 0 Å². The lowest BCUT2D eigenvalue weighted by molar-refractivity contribution is -0.111. The molecule has 4 rings (SSSR count). The van der Waals surface area contributed by atoms with Crippen LogP contribution < -0.4 is 20.1 Å². The number of carbonyl (C=O) groups excluding carboxylic acids is 1. The number of hydrogen-bond acceptors (Lipinski definition) is 5. The summed E-state index contributed by atoms with van der Waals surface area (Å²) < 4.78 is 10.8. The maximum Gasteiger partial charge on any atom is 0.247 e. The fraction of sp³-hybridized carbons (Fsp3) is 0.250. The Morgan fingerprint density at radius 2 is 1.85 bits per heavy atom. The minimum Gasteiger partial charge on any atom is -0.495 e. The van der Waals surface area contributed by atoms with E-state index in [9.17, 15) is 4.79 Å². The fourth-order valence-corrected chi connectivity index (χ4v) is 4.94. The SMILES string of the molecule is C=CC(=O)Nc1ccccc1Nc1n[nH]c2c1CCC(c1c(Cl)c(OC)cc(OC)c1Cl)C2. The maximum atomic E-state index is 11.8. The Morgan fingerprint density at radius 3 is 2.48 bits per heavy atom. The standard InChI is InChI=1S/C24H24Cl2N4O3/c1-4-20(31)27-15-7-5-6-8-16(15)28-24-14-10-9-13(11-17(14)29-30-24)21-22(25)18(32-2)12-19(33-3)23(21)26/h4-8,12-13H,1,9-11H2,2-3H3,(H,27,31)(H2,28,29,30). The van der Waals surface area contributed by atoms with Crippen molar-refractivity contribution in [2.75, 3.05) is 24.9 Å². The largest absolute Gasteiger partial charge is 0.495 e. The summed E-state index contributed by atoms with van der Waals surface area (Å²) in [6.07, 6.45) is 3.52. The van der Waals surface area contributed by atoms with Crippen LogP contribution in [0.25, 0.3) is 0 Å². The molecule has 0 fully saturated rings. The van der Waals surface area contributed by atoms with Crippen LogP contribution >= 0.6 is 23.2 Å². The average molecular weight is 487 g/mol. The van der Waals surface area contributed by atoms with Crippen LogP contribution in [0.15, 0.2) is 43.0 Å². The van der Waals surface area contributed by atoms with Crippen molar-refractivity contribution in [3.05, 3.63) is 69.9 Å². The fourth-order valence-electron chi connectivity index (χ4n) is 4.13. The molecule has 3 aromatic rings. The van der Waals surface area contributed by atoms with E-state index < -0.39 is 0 Å². The Hall–Kier alpha value is -3.16. The van der Waals surface area contributed by atoms with Crippen molar-refractivity contribution < 1.29 is 14.3 Å². The van der Waals surface area contributed by atoms with E-state index in [1.54, 1.807) is 20.3 Å². The maximum absolute atomic E-state index is 11.8. The van der Waals surface area contributed by atoms with Gasteiger partial charge in [0.1, 0.15) is 11.5 Å². The zero-order chi connectivity index (χ0) is 23.5. The number of rotatable bonds is 7. The lowest BCUT2D eigenvalue weighted by Gasteiger charge is -2.26. The van der Waals surface area contributed by atoms with Crippen LogP contribution in [0.2, 0.25) is 10.0 Å². The molecule has 0 spiro atoms. The molecule has 1 atom stereocenters. The van der Waals surface area contributed by atoms with Crippen LogP contribution in [-0.4, -0.2) is 30.3 Å². The molecule has 1 aliphatic rings. The number of aromatic nitrogens is 2. The number of para-hydroxylation sites is 2. The molecular formula is C24H24Cl2N4O3. The van der Waals surface area contributed by atoms with Crippen LogP contribution in [0.1, 0.15) is 29.2 Å². The van der Waals surface area contributed by atoms with E-state index in [4.69, 9.17) is 32.7 Å². The van der Waals surface area contributed by atoms with Crippen LogP contribution in [0.5, 0.6) is 11.5 Å². The summed E-state index contributed by atoms with van der Waals surface area (Å²) in [7, 11) is 3.14. The molecule has 9 heteroatoms. The molecule has 33 heavy (non-hydrogen) atoms. The smallest absolute Gasteiger partial charge is 0.247 e. The Bertz CT molecular complexity index is 1180. The molecular weight excluding hydrogens is 463 g/mol. The van der Waals surface area contributed by atoms with Gasteiger partial charge >= 0.3 is 0 Å². The molecule has 1 amide bonds. The summed E-state index contributed by atoms with van der Waals surface area (Å²) in [6, 6.07) is 9.14. The Balaban J connectivity index is 1.61. The van der Waals surface area contributed by atoms with Gasteiger partial charge in [0.25, 0.3) is 0 Å². The first-order valence-electron chi connectivity index (χ1n) is 10.4. The molecule has 1 unspecified atom stereocenters. The number of aromatic amines is 1. The second-order valence-electron chi connectivity index (χ2n) is 7.66. The number of methoxy groups -OCH3 is 2. The van der Waals surface area contributed by atoms with Gasteiger partial charge in [0, 0.05) is 22.9 Å². The van der Waals surface area contributed by atoms with Crippen molar-refractivity contribution in [3.8, 4) is 11.5 Å². The lowest BCUT2D eigenvalue weighted by atomic mass is 9.82. The van der Waals surface area contributed by atoms with Crippen molar-refractivity contribution in [2.45, 2.75) is 25.2 Å². The van der Waals surface area contributed by atoms with Crippen molar-refractivity contribution >= 4 is 46.3 Å². The summed E-state index contributed by atoms with van der Waals surface area (Å²) >= 11 is 13.3. The summed E-state index contributed by atoms with van der Waals surface area (Å²) in [5.41, 5.74) is 4.32. The number of fused-ring (bicyclic) bond motifs is 1. The number of amides is 1. The third-order valence-corrected chi connectivity index (χ3v) is 6.57. The van der Waals surface area contributed by atoms with E-state index in [-0.39, 0.29) is 11.8 Å². The molecule has 0 radical (unpaired) electrons. The highest BCUT2D eigenvalue weighted by atomic mass is 35.5. The Kier molecular flexibility index (Phi) is 6.81. The number of carbonyl (C=O) groups is 1. The second-order valence-corrected chi connectivity index (χ2v) is 8.41. The zero-order valence-corrected chi connectivity index (χ0v) is 19.8. The van der Waals surface area contributed by atoms with Gasteiger partial charge in [0.05, 0.1) is 35.6 Å². The van der Waals surface area contributed by atoms with E-state index in [0.717, 1.165) is 41.2 Å². The van der Waals surface area contributed by atoms with Crippen molar-refractivity contribution in [1.29, 1.82) is 0 Å². The van der Waals surface area contributed by atoms with Crippen LogP contribution in [-0.2, 0) is 17.6 Å². The van der Waals surface area contributed by atoms with Gasteiger partial charge in [-0.3, -0.25) is 9.89 Å². The van der Waals surface area contributed by atoms with E-state index in [0.29, 0.717) is 33.7 Å². The van der Waals surface area contributed by atoms with E-state index in [1.807, 2.05) is 24.3 Å². The van der Waals surface area contributed by atoms with Crippen molar-refractivity contribution in [1.82, 2.24) is 10.2 Å². The zero-order valence-electron chi connectivity index (χ0n) is 18.3. The van der Waals surface area contributed by atoms with E-state index in [1.165, 1.54) is 6.08 Å². The van der Waals surface area contributed by atoms with Gasteiger partial charge in [-0.1, -0.05) is 41.9 Å². The molecule has 172 valence electrons. The molecule has 0 bridgehead atoms. The molecule has 7 nitrogen and oxygen atoms in total. The normalized spacial score (nSPS) is 14.8. The number of nitrogens with zero attached hydrogens (tertiary/aromatic N) is 1. The summed E-state index contributed by atoms with van der Waals surface area (Å²) in [4.78, 5) is 11.8. The third kappa shape index (κ3) is 4.51. The van der Waals surface area contributed by atoms with Gasteiger partial charge in [0.2, 0.25) is 5.91 Å². The van der Waals surface area contributed by atoms with E-state index >= 15 is 0 Å². The monoisotopic (exact) mass is 486 g/mol. The summed E-state index contributed by atoms with van der Waals surface area (Å²) in [5, 5.41) is 14.8.